The summed E-state index contributed by atoms with van der Waals surface area (Å²) < 4.78 is 5.23. The standard InChI is InChI=1S/C17H19ClN4O3/c1-25-15-6-5-11(18)9-14(15)20-8-7-16(23)21-12-3-2-4-13(10-12)22-17(19)24/h2-6,9-10,20H,7-8H2,1H3,(H,21,23)(H3,19,22,24). The number of urea groups is 1. The molecule has 0 aromatic heterocycles. The Labute approximate surface area is 150 Å². The number of primary amides is 1. The molecule has 0 unspecified atom stereocenters. The summed E-state index contributed by atoms with van der Waals surface area (Å²) in [7, 11) is 1.56. The van der Waals surface area contributed by atoms with Crippen LogP contribution in [0.1, 0.15) is 6.42 Å². The van der Waals surface area contributed by atoms with Crippen LogP contribution in [0, 0.1) is 0 Å². The number of benzene rings is 2. The molecule has 0 radical (unpaired) electrons. The van der Waals surface area contributed by atoms with Gasteiger partial charge in [-0.1, -0.05) is 17.7 Å². The molecule has 0 saturated heterocycles. The lowest BCUT2D eigenvalue weighted by molar-refractivity contribution is -0.115. The monoisotopic (exact) mass is 362 g/mol. The van der Waals surface area contributed by atoms with Gasteiger partial charge in [0.05, 0.1) is 12.8 Å². The van der Waals surface area contributed by atoms with E-state index in [1.165, 1.54) is 0 Å². The average Bonchev–Trinajstić information content (AvgIpc) is 2.54. The molecule has 0 heterocycles. The number of ether oxygens (including phenoxy) is 1. The van der Waals surface area contributed by atoms with Gasteiger partial charge in [0.25, 0.3) is 0 Å². The van der Waals surface area contributed by atoms with Crippen LogP contribution >= 0.6 is 11.6 Å². The zero-order chi connectivity index (χ0) is 18.2. The van der Waals surface area contributed by atoms with Crippen molar-refractivity contribution in [2.75, 3.05) is 29.6 Å². The predicted octanol–water partition coefficient (Wildman–Crippen LogP) is 3.28. The van der Waals surface area contributed by atoms with Crippen molar-refractivity contribution in [3.05, 3.63) is 47.5 Å². The molecule has 8 heteroatoms. The highest BCUT2D eigenvalue weighted by Gasteiger charge is 2.06. The molecule has 2 rings (SSSR count). The Morgan fingerprint density at radius 2 is 1.84 bits per heavy atom. The highest BCUT2D eigenvalue weighted by atomic mass is 35.5. The third kappa shape index (κ3) is 5.89. The summed E-state index contributed by atoms with van der Waals surface area (Å²) >= 11 is 5.96. The Balaban J connectivity index is 1.87. The second-order valence-electron chi connectivity index (χ2n) is 5.14. The minimum absolute atomic E-state index is 0.176. The number of rotatable bonds is 7. The van der Waals surface area contributed by atoms with E-state index < -0.39 is 6.03 Å². The van der Waals surface area contributed by atoms with Crippen molar-refractivity contribution in [2.24, 2.45) is 5.73 Å². The Bertz CT molecular complexity index is 767. The van der Waals surface area contributed by atoms with Gasteiger partial charge >= 0.3 is 6.03 Å². The SMILES string of the molecule is COc1ccc(Cl)cc1NCCC(=O)Nc1cccc(NC(N)=O)c1. The van der Waals surface area contributed by atoms with Crippen LogP contribution in [0.25, 0.3) is 0 Å². The Morgan fingerprint density at radius 3 is 2.52 bits per heavy atom. The Kier molecular flexibility index (Phi) is 6.47. The molecule has 0 spiro atoms. The van der Waals surface area contributed by atoms with Gasteiger partial charge in [-0.05, 0) is 36.4 Å². The number of halogens is 1. The number of hydrogen-bond donors (Lipinski definition) is 4. The maximum Gasteiger partial charge on any atom is 0.316 e. The van der Waals surface area contributed by atoms with Crippen molar-refractivity contribution >= 4 is 40.6 Å². The Morgan fingerprint density at radius 1 is 1.12 bits per heavy atom. The zero-order valence-corrected chi connectivity index (χ0v) is 14.4. The lowest BCUT2D eigenvalue weighted by Crippen LogP contribution is -2.19. The van der Waals surface area contributed by atoms with Crippen LogP contribution in [0.5, 0.6) is 5.75 Å². The van der Waals surface area contributed by atoms with Crippen molar-refractivity contribution in [1.82, 2.24) is 0 Å². The van der Waals surface area contributed by atoms with Crippen LogP contribution in [-0.4, -0.2) is 25.6 Å². The largest absolute Gasteiger partial charge is 0.495 e. The first-order chi connectivity index (χ1) is 12.0. The summed E-state index contributed by atoms with van der Waals surface area (Å²) in [5.41, 5.74) is 6.86. The number of nitrogens with one attached hydrogen (secondary N) is 3. The molecular formula is C17H19ClN4O3. The number of methoxy groups -OCH3 is 1. The summed E-state index contributed by atoms with van der Waals surface area (Å²) in [6.45, 7) is 0.405. The minimum atomic E-state index is -0.664. The van der Waals surface area contributed by atoms with Gasteiger partial charge < -0.3 is 26.4 Å². The topological polar surface area (TPSA) is 105 Å². The van der Waals surface area contributed by atoms with Crippen LogP contribution in [0.2, 0.25) is 5.02 Å². The first kappa shape index (κ1) is 18.4. The second-order valence-corrected chi connectivity index (χ2v) is 5.58. The van der Waals surface area contributed by atoms with E-state index in [9.17, 15) is 9.59 Å². The van der Waals surface area contributed by atoms with E-state index in [4.69, 9.17) is 22.1 Å². The van der Waals surface area contributed by atoms with Crippen molar-refractivity contribution in [2.45, 2.75) is 6.42 Å². The maximum absolute atomic E-state index is 12.0. The summed E-state index contributed by atoms with van der Waals surface area (Å²) in [6.07, 6.45) is 0.239. The summed E-state index contributed by atoms with van der Waals surface area (Å²) in [6, 6.07) is 11.3. The molecule has 0 saturated carbocycles. The lowest BCUT2D eigenvalue weighted by atomic mass is 10.2. The molecule has 2 aromatic rings. The lowest BCUT2D eigenvalue weighted by Gasteiger charge is -2.12. The minimum Gasteiger partial charge on any atom is -0.495 e. The third-order valence-electron chi connectivity index (χ3n) is 3.24. The quantitative estimate of drug-likeness (QED) is 0.606. The molecule has 0 aliphatic carbocycles. The highest BCUT2D eigenvalue weighted by molar-refractivity contribution is 6.30. The second kappa shape index (κ2) is 8.79. The van der Waals surface area contributed by atoms with E-state index in [0.29, 0.717) is 28.7 Å². The van der Waals surface area contributed by atoms with Gasteiger partial charge in [-0.15, -0.1) is 0 Å². The van der Waals surface area contributed by atoms with Crippen molar-refractivity contribution < 1.29 is 14.3 Å². The first-order valence-corrected chi connectivity index (χ1v) is 7.89. The molecule has 7 nitrogen and oxygen atoms in total. The first-order valence-electron chi connectivity index (χ1n) is 7.51. The van der Waals surface area contributed by atoms with Crippen molar-refractivity contribution in [1.29, 1.82) is 0 Å². The van der Waals surface area contributed by atoms with Crippen molar-refractivity contribution in [3.63, 3.8) is 0 Å². The van der Waals surface area contributed by atoms with E-state index in [1.807, 2.05) is 0 Å². The van der Waals surface area contributed by atoms with Gasteiger partial charge in [0, 0.05) is 29.4 Å². The Hall–Kier alpha value is -2.93. The number of amides is 3. The highest BCUT2D eigenvalue weighted by Crippen LogP contribution is 2.27. The number of anilines is 3. The molecule has 132 valence electrons. The number of nitrogens with two attached hydrogens (primary N) is 1. The van der Waals surface area contributed by atoms with Crippen LogP contribution in [0.3, 0.4) is 0 Å². The molecular weight excluding hydrogens is 344 g/mol. The molecule has 0 bridgehead atoms. The van der Waals surface area contributed by atoms with Crippen LogP contribution in [0.15, 0.2) is 42.5 Å². The fourth-order valence-corrected chi connectivity index (χ4v) is 2.34. The number of carbonyl (C=O) groups excluding carboxylic acids is 2. The molecule has 5 N–H and O–H groups in total. The van der Waals surface area contributed by atoms with Gasteiger partial charge in [-0.3, -0.25) is 4.79 Å². The number of hydrogen-bond acceptors (Lipinski definition) is 4. The molecule has 2 aromatic carbocycles. The van der Waals surface area contributed by atoms with E-state index >= 15 is 0 Å². The third-order valence-corrected chi connectivity index (χ3v) is 3.48. The van der Waals surface area contributed by atoms with E-state index in [1.54, 1.807) is 49.6 Å². The van der Waals surface area contributed by atoms with E-state index in [2.05, 4.69) is 16.0 Å². The van der Waals surface area contributed by atoms with Gasteiger partial charge in [-0.2, -0.15) is 0 Å². The fourth-order valence-electron chi connectivity index (χ4n) is 2.17. The molecule has 3 amide bonds. The molecule has 25 heavy (non-hydrogen) atoms. The van der Waals surface area contributed by atoms with Crippen LogP contribution in [-0.2, 0) is 4.79 Å². The van der Waals surface area contributed by atoms with Crippen LogP contribution in [0.4, 0.5) is 21.9 Å². The van der Waals surface area contributed by atoms with Crippen molar-refractivity contribution in [3.8, 4) is 5.75 Å². The normalized spacial score (nSPS) is 10.0. The van der Waals surface area contributed by atoms with Gasteiger partial charge in [0.15, 0.2) is 0 Å². The molecule has 0 aliphatic heterocycles. The maximum atomic E-state index is 12.0. The average molecular weight is 363 g/mol. The molecule has 0 fully saturated rings. The summed E-state index contributed by atoms with van der Waals surface area (Å²) in [4.78, 5) is 22.9. The summed E-state index contributed by atoms with van der Waals surface area (Å²) in [5.74, 6) is 0.472. The molecule has 0 atom stereocenters. The molecule has 0 aliphatic rings. The van der Waals surface area contributed by atoms with Gasteiger partial charge in [0.2, 0.25) is 5.91 Å². The summed E-state index contributed by atoms with van der Waals surface area (Å²) in [5, 5.41) is 8.89. The fraction of sp³-hybridized carbons (Fsp3) is 0.176. The van der Waals surface area contributed by atoms with Crippen LogP contribution < -0.4 is 26.4 Å². The smallest absolute Gasteiger partial charge is 0.316 e. The predicted molar refractivity (Wildman–Crippen MR) is 99.4 cm³/mol. The van der Waals surface area contributed by atoms with Gasteiger partial charge in [-0.25, -0.2) is 4.79 Å². The van der Waals surface area contributed by atoms with E-state index in [0.717, 1.165) is 5.69 Å². The number of carbonyl (C=O) groups is 2. The van der Waals surface area contributed by atoms with E-state index in [-0.39, 0.29) is 12.3 Å². The zero-order valence-electron chi connectivity index (χ0n) is 13.6. The van der Waals surface area contributed by atoms with Gasteiger partial charge in [0.1, 0.15) is 5.75 Å².